The SMILES string of the molecule is Brc1cccc(-c2cnc(CNC3CCN(c4ccc5nncn5n4)C3)[nH]2)c1. The van der Waals surface area contributed by atoms with Crippen LogP contribution in [0.3, 0.4) is 0 Å². The molecule has 8 nitrogen and oxygen atoms in total. The predicted molar refractivity (Wildman–Crippen MR) is 110 cm³/mol. The number of halogens is 1. The molecule has 0 spiro atoms. The molecule has 28 heavy (non-hydrogen) atoms. The molecule has 0 radical (unpaired) electrons. The Balaban J connectivity index is 1.20. The van der Waals surface area contributed by atoms with E-state index in [0.29, 0.717) is 12.6 Å². The van der Waals surface area contributed by atoms with Gasteiger partial charge in [0.05, 0.1) is 18.4 Å². The Labute approximate surface area is 170 Å². The van der Waals surface area contributed by atoms with E-state index in [1.807, 2.05) is 30.5 Å². The second-order valence-corrected chi connectivity index (χ2v) is 7.81. The summed E-state index contributed by atoms with van der Waals surface area (Å²) in [6.45, 7) is 2.60. The van der Waals surface area contributed by atoms with Gasteiger partial charge in [-0.15, -0.1) is 15.3 Å². The quantitative estimate of drug-likeness (QED) is 0.497. The van der Waals surface area contributed by atoms with Crippen molar-refractivity contribution in [3.05, 3.63) is 59.2 Å². The van der Waals surface area contributed by atoms with Crippen LogP contribution in [0.15, 0.2) is 53.4 Å². The molecule has 1 aromatic carbocycles. The maximum atomic E-state index is 4.58. The van der Waals surface area contributed by atoms with E-state index in [4.69, 9.17) is 0 Å². The Morgan fingerprint density at radius 2 is 2.21 bits per heavy atom. The van der Waals surface area contributed by atoms with Crippen LogP contribution in [0.1, 0.15) is 12.2 Å². The van der Waals surface area contributed by atoms with E-state index < -0.39 is 0 Å². The molecule has 5 rings (SSSR count). The number of fused-ring (bicyclic) bond motifs is 1. The van der Waals surface area contributed by atoms with E-state index in [1.54, 1.807) is 10.8 Å². The van der Waals surface area contributed by atoms with E-state index in [0.717, 1.165) is 52.5 Å². The van der Waals surface area contributed by atoms with Crippen LogP contribution >= 0.6 is 15.9 Å². The number of aromatic amines is 1. The average molecular weight is 439 g/mol. The number of H-pyrrole nitrogens is 1. The minimum absolute atomic E-state index is 0.401. The molecule has 0 aliphatic carbocycles. The Kier molecular flexibility index (Phi) is 4.53. The van der Waals surface area contributed by atoms with Gasteiger partial charge in [0, 0.05) is 29.2 Å². The molecule has 1 atom stereocenters. The van der Waals surface area contributed by atoms with Gasteiger partial charge in [-0.05, 0) is 30.7 Å². The standard InChI is InChI=1S/C19H19BrN8/c20-14-3-1-2-13(8-14)16-9-22-17(24-16)10-21-15-6-7-27(11-15)19-5-4-18-25-23-12-28(18)26-19/h1-5,8-9,12,15,21H,6-7,10-11H2,(H,22,24). The lowest BCUT2D eigenvalue weighted by atomic mass is 10.2. The van der Waals surface area contributed by atoms with Crippen molar-refractivity contribution < 1.29 is 0 Å². The maximum Gasteiger partial charge on any atom is 0.177 e. The topological polar surface area (TPSA) is 87.0 Å². The van der Waals surface area contributed by atoms with Gasteiger partial charge in [-0.3, -0.25) is 0 Å². The number of aromatic nitrogens is 6. The van der Waals surface area contributed by atoms with E-state index in [1.165, 1.54) is 0 Å². The highest BCUT2D eigenvalue weighted by Gasteiger charge is 2.23. The normalized spacial score (nSPS) is 16.9. The molecule has 1 aliphatic rings. The molecule has 4 aromatic rings. The highest BCUT2D eigenvalue weighted by Crippen LogP contribution is 2.22. The van der Waals surface area contributed by atoms with Crippen molar-refractivity contribution in [1.29, 1.82) is 0 Å². The molecule has 4 heterocycles. The molecule has 0 bridgehead atoms. The summed E-state index contributed by atoms with van der Waals surface area (Å²) in [6.07, 6.45) is 4.59. The summed E-state index contributed by atoms with van der Waals surface area (Å²) in [5.74, 6) is 1.89. The van der Waals surface area contributed by atoms with E-state index in [-0.39, 0.29) is 0 Å². The van der Waals surface area contributed by atoms with Gasteiger partial charge in [0.15, 0.2) is 5.65 Å². The van der Waals surface area contributed by atoms with E-state index >= 15 is 0 Å². The zero-order valence-electron chi connectivity index (χ0n) is 15.1. The van der Waals surface area contributed by atoms with Crippen LogP contribution in [0.2, 0.25) is 0 Å². The summed E-state index contributed by atoms with van der Waals surface area (Å²) in [6, 6.07) is 12.5. The molecule has 1 aliphatic heterocycles. The smallest absolute Gasteiger partial charge is 0.177 e. The van der Waals surface area contributed by atoms with Gasteiger partial charge in [0.25, 0.3) is 0 Å². The minimum atomic E-state index is 0.401. The van der Waals surface area contributed by atoms with Crippen molar-refractivity contribution in [3.8, 4) is 11.3 Å². The van der Waals surface area contributed by atoms with Gasteiger partial charge in [0.1, 0.15) is 18.0 Å². The Hall–Kier alpha value is -2.78. The van der Waals surface area contributed by atoms with Gasteiger partial charge in [-0.1, -0.05) is 28.1 Å². The largest absolute Gasteiger partial charge is 0.354 e. The van der Waals surface area contributed by atoms with Crippen molar-refractivity contribution in [2.75, 3.05) is 18.0 Å². The highest BCUT2D eigenvalue weighted by molar-refractivity contribution is 9.10. The van der Waals surface area contributed by atoms with Gasteiger partial charge >= 0.3 is 0 Å². The van der Waals surface area contributed by atoms with Crippen molar-refractivity contribution in [3.63, 3.8) is 0 Å². The molecule has 1 saturated heterocycles. The summed E-state index contributed by atoms with van der Waals surface area (Å²) < 4.78 is 2.77. The fourth-order valence-electron chi connectivity index (χ4n) is 3.52. The fourth-order valence-corrected chi connectivity index (χ4v) is 3.92. The predicted octanol–water partition coefficient (Wildman–Crippen LogP) is 2.65. The Bertz CT molecular complexity index is 1100. The summed E-state index contributed by atoms with van der Waals surface area (Å²) in [5, 5.41) is 16.1. The summed E-state index contributed by atoms with van der Waals surface area (Å²) in [4.78, 5) is 10.2. The van der Waals surface area contributed by atoms with Crippen LogP contribution in [-0.4, -0.2) is 48.9 Å². The van der Waals surface area contributed by atoms with E-state index in [2.05, 4.69) is 63.5 Å². The van der Waals surface area contributed by atoms with Crippen LogP contribution in [0.5, 0.6) is 0 Å². The second kappa shape index (κ2) is 7.33. The number of anilines is 1. The van der Waals surface area contributed by atoms with Crippen LogP contribution in [-0.2, 0) is 6.54 Å². The van der Waals surface area contributed by atoms with Crippen molar-refractivity contribution in [1.82, 2.24) is 35.1 Å². The lowest BCUT2D eigenvalue weighted by Crippen LogP contribution is -2.32. The van der Waals surface area contributed by atoms with E-state index in [9.17, 15) is 0 Å². The third kappa shape index (κ3) is 3.50. The van der Waals surface area contributed by atoms with Crippen LogP contribution in [0.25, 0.3) is 16.9 Å². The monoisotopic (exact) mass is 438 g/mol. The van der Waals surface area contributed by atoms with Gasteiger partial charge in [0.2, 0.25) is 0 Å². The third-order valence-corrected chi connectivity index (χ3v) is 5.48. The zero-order chi connectivity index (χ0) is 18.9. The third-order valence-electron chi connectivity index (χ3n) is 4.98. The molecule has 1 unspecified atom stereocenters. The van der Waals surface area contributed by atoms with Gasteiger partial charge in [-0.2, -0.15) is 4.52 Å². The second-order valence-electron chi connectivity index (χ2n) is 6.89. The Morgan fingerprint density at radius 1 is 1.25 bits per heavy atom. The molecular weight excluding hydrogens is 420 g/mol. The maximum absolute atomic E-state index is 4.58. The minimum Gasteiger partial charge on any atom is -0.354 e. The number of hydrogen-bond acceptors (Lipinski definition) is 6. The lowest BCUT2D eigenvalue weighted by molar-refractivity contribution is 0.540. The first-order chi connectivity index (χ1) is 13.7. The number of rotatable bonds is 5. The highest BCUT2D eigenvalue weighted by atomic mass is 79.9. The van der Waals surface area contributed by atoms with Crippen LogP contribution < -0.4 is 10.2 Å². The first-order valence-corrected chi connectivity index (χ1v) is 9.99. The summed E-state index contributed by atoms with van der Waals surface area (Å²) >= 11 is 3.51. The fraction of sp³-hybridized carbons (Fsp3) is 0.263. The first-order valence-electron chi connectivity index (χ1n) is 9.20. The number of nitrogens with one attached hydrogen (secondary N) is 2. The molecule has 3 aromatic heterocycles. The van der Waals surface area contributed by atoms with Gasteiger partial charge < -0.3 is 15.2 Å². The Morgan fingerprint density at radius 3 is 3.14 bits per heavy atom. The molecule has 0 amide bonds. The number of imidazole rings is 1. The van der Waals surface area contributed by atoms with Crippen LogP contribution in [0.4, 0.5) is 5.82 Å². The van der Waals surface area contributed by atoms with Crippen molar-refractivity contribution in [2.24, 2.45) is 0 Å². The average Bonchev–Trinajstić information content (AvgIpc) is 3.45. The number of benzene rings is 1. The van der Waals surface area contributed by atoms with Crippen molar-refractivity contribution >= 4 is 27.4 Å². The molecular formula is C19H19BrN8. The molecule has 1 fully saturated rings. The molecule has 142 valence electrons. The zero-order valence-corrected chi connectivity index (χ0v) is 16.7. The first kappa shape index (κ1) is 17.3. The summed E-state index contributed by atoms with van der Waals surface area (Å²) in [5.41, 5.74) is 2.91. The summed E-state index contributed by atoms with van der Waals surface area (Å²) in [7, 11) is 0. The molecule has 0 saturated carbocycles. The molecule has 2 N–H and O–H groups in total. The van der Waals surface area contributed by atoms with Crippen molar-refractivity contribution in [2.45, 2.75) is 19.0 Å². The van der Waals surface area contributed by atoms with Gasteiger partial charge in [-0.25, -0.2) is 4.98 Å². The molecule has 9 heteroatoms. The van der Waals surface area contributed by atoms with Crippen LogP contribution in [0, 0.1) is 0 Å². The number of nitrogens with zero attached hydrogens (tertiary/aromatic N) is 6. The number of hydrogen-bond donors (Lipinski definition) is 2. The lowest BCUT2D eigenvalue weighted by Gasteiger charge is -2.17.